The minimum absolute atomic E-state index is 0.0398. The Balaban J connectivity index is 2.15. The number of rotatable bonds is 8. The summed E-state index contributed by atoms with van der Waals surface area (Å²) in [6, 6.07) is 10.2. The van der Waals surface area contributed by atoms with Gasteiger partial charge in [0, 0.05) is 11.4 Å². The van der Waals surface area contributed by atoms with Crippen LogP contribution in [0.25, 0.3) is 0 Å². The summed E-state index contributed by atoms with van der Waals surface area (Å²) in [5.41, 5.74) is 3.66. The van der Waals surface area contributed by atoms with Gasteiger partial charge in [0.15, 0.2) is 0 Å². The number of amides is 1. The van der Waals surface area contributed by atoms with E-state index < -0.39 is 11.9 Å². The minimum Gasteiger partial charge on any atom is -0.462 e. The zero-order valence-electron chi connectivity index (χ0n) is 17.1. The highest BCUT2D eigenvalue weighted by atomic mass is 16.5. The first-order valence-electron chi connectivity index (χ1n) is 9.45. The molecule has 0 saturated heterocycles. The molecule has 2 aromatic rings. The number of benzene rings is 2. The van der Waals surface area contributed by atoms with Crippen LogP contribution in [0.2, 0.25) is 0 Å². The molecule has 0 atom stereocenters. The Morgan fingerprint density at radius 2 is 1.48 bits per heavy atom. The number of carbonyl (C=O) groups is 3. The molecule has 1 amide bonds. The van der Waals surface area contributed by atoms with Crippen LogP contribution >= 0.6 is 0 Å². The topological polar surface area (TPSA) is 93.7 Å². The second-order valence-corrected chi connectivity index (χ2v) is 6.39. The first-order valence-corrected chi connectivity index (χ1v) is 9.45. The van der Waals surface area contributed by atoms with Gasteiger partial charge in [-0.05, 0) is 63.1 Å². The van der Waals surface area contributed by atoms with Crippen molar-refractivity contribution < 1.29 is 23.9 Å². The quantitative estimate of drug-likeness (QED) is 0.659. The molecule has 0 unspecified atom stereocenters. The second kappa shape index (κ2) is 10.3. The SMILES string of the molecule is CCOC(=O)c1cc(NCC(=O)Nc2cccc(C)c2C)cc(C(=O)OCC)c1. The Morgan fingerprint density at radius 3 is 2.03 bits per heavy atom. The standard InChI is InChI=1S/C22H26N2O5/c1-5-28-21(26)16-10-17(22(27)29-6-2)12-18(11-16)23-13-20(25)24-19-9-7-8-14(3)15(19)4/h7-12,23H,5-6,13H2,1-4H3,(H,24,25). The van der Waals surface area contributed by atoms with Crippen molar-refractivity contribution in [3.8, 4) is 0 Å². The van der Waals surface area contributed by atoms with Crippen molar-refractivity contribution in [1.82, 2.24) is 0 Å². The average molecular weight is 398 g/mol. The van der Waals surface area contributed by atoms with Gasteiger partial charge in [-0.15, -0.1) is 0 Å². The van der Waals surface area contributed by atoms with Crippen molar-refractivity contribution in [2.24, 2.45) is 0 Å². The highest BCUT2D eigenvalue weighted by Crippen LogP contribution is 2.19. The lowest BCUT2D eigenvalue weighted by atomic mass is 10.1. The average Bonchev–Trinajstić information content (AvgIpc) is 2.70. The van der Waals surface area contributed by atoms with Crippen molar-refractivity contribution in [3.05, 3.63) is 58.7 Å². The lowest BCUT2D eigenvalue weighted by Crippen LogP contribution is -2.22. The first kappa shape index (κ1) is 21.9. The van der Waals surface area contributed by atoms with E-state index >= 15 is 0 Å². The van der Waals surface area contributed by atoms with Crippen molar-refractivity contribution in [2.45, 2.75) is 27.7 Å². The van der Waals surface area contributed by atoms with E-state index in [9.17, 15) is 14.4 Å². The number of anilines is 2. The molecule has 0 saturated carbocycles. The third kappa shape index (κ3) is 6.07. The number of nitrogens with one attached hydrogen (secondary N) is 2. The predicted molar refractivity (Wildman–Crippen MR) is 111 cm³/mol. The smallest absolute Gasteiger partial charge is 0.338 e. The number of carbonyl (C=O) groups excluding carboxylic acids is 3. The number of aryl methyl sites for hydroxylation is 1. The third-order valence-electron chi connectivity index (χ3n) is 4.29. The number of hydrogen-bond acceptors (Lipinski definition) is 6. The highest BCUT2D eigenvalue weighted by Gasteiger charge is 2.15. The van der Waals surface area contributed by atoms with Gasteiger partial charge >= 0.3 is 11.9 Å². The first-order chi connectivity index (χ1) is 13.8. The summed E-state index contributed by atoms with van der Waals surface area (Å²) < 4.78 is 10.0. The van der Waals surface area contributed by atoms with Crippen LogP contribution < -0.4 is 10.6 Å². The fourth-order valence-electron chi connectivity index (χ4n) is 2.66. The highest BCUT2D eigenvalue weighted by molar-refractivity contribution is 5.98. The van der Waals surface area contributed by atoms with Gasteiger partial charge in [-0.2, -0.15) is 0 Å². The van der Waals surface area contributed by atoms with E-state index in [-0.39, 0.29) is 36.8 Å². The zero-order chi connectivity index (χ0) is 21.4. The van der Waals surface area contributed by atoms with Gasteiger partial charge in [0.25, 0.3) is 0 Å². The normalized spacial score (nSPS) is 10.2. The molecule has 29 heavy (non-hydrogen) atoms. The molecule has 0 aliphatic rings. The molecule has 7 heteroatoms. The van der Waals surface area contributed by atoms with Gasteiger partial charge in [-0.25, -0.2) is 9.59 Å². The number of esters is 2. The molecule has 2 aromatic carbocycles. The molecule has 0 radical (unpaired) electrons. The van der Waals surface area contributed by atoms with Gasteiger partial charge in [-0.1, -0.05) is 12.1 Å². The summed E-state index contributed by atoms with van der Waals surface area (Å²) in [7, 11) is 0. The zero-order valence-corrected chi connectivity index (χ0v) is 17.1. The van der Waals surface area contributed by atoms with Crippen molar-refractivity contribution in [2.75, 3.05) is 30.4 Å². The van der Waals surface area contributed by atoms with E-state index in [4.69, 9.17) is 9.47 Å². The molecule has 0 aliphatic heterocycles. The maximum atomic E-state index is 12.3. The lowest BCUT2D eigenvalue weighted by Gasteiger charge is -2.13. The van der Waals surface area contributed by atoms with E-state index in [2.05, 4.69) is 10.6 Å². The molecule has 0 aliphatic carbocycles. The van der Waals surface area contributed by atoms with Crippen molar-refractivity contribution in [1.29, 1.82) is 0 Å². The molecule has 0 aromatic heterocycles. The molecule has 0 fully saturated rings. The summed E-state index contributed by atoms with van der Waals surface area (Å²) in [4.78, 5) is 36.5. The van der Waals surface area contributed by atoms with Crippen LogP contribution in [-0.2, 0) is 14.3 Å². The molecule has 0 spiro atoms. The fourth-order valence-corrected chi connectivity index (χ4v) is 2.66. The van der Waals surface area contributed by atoms with Gasteiger partial charge in [-0.3, -0.25) is 4.79 Å². The van der Waals surface area contributed by atoms with Gasteiger partial charge in [0.05, 0.1) is 30.9 Å². The maximum absolute atomic E-state index is 12.3. The van der Waals surface area contributed by atoms with Crippen molar-refractivity contribution >= 4 is 29.2 Å². The molecule has 7 nitrogen and oxygen atoms in total. The molecule has 154 valence electrons. The Hall–Kier alpha value is -3.35. The lowest BCUT2D eigenvalue weighted by molar-refractivity contribution is -0.114. The van der Waals surface area contributed by atoms with Crippen molar-refractivity contribution in [3.63, 3.8) is 0 Å². The third-order valence-corrected chi connectivity index (χ3v) is 4.29. The van der Waals surface area contributed by atoms with E-state index in [1.54, 1.807) is 13.8 Å². The Kier molecular flexibility index (Phi) is 7.77. The van der Waals surface area contributed by atoms with Crippen LogP contribution in [0.4, 0.5) is 11.4 Å². The second-order valence-electron chi connectivity index (χ2n) is 6.39. The van der Waals surface area contributed by atoms with Gasteiger partial charge < -0.3 is 20.1 Å². The summed E-state index contributed by atoms with van der Waals surface area (Å²) in [5.74, 6) is -1.36. The molecule has 2 N–H and O–H groups in total. The molecular weight excluding hydrogens is 372 g/mol. The van der Waals surface area contributed by atoms with Crippen LogP contribution in [0.1, 0.15) is 45.7 Å². The Labute approximate surface area is 170 Å². The van der Waals surface area contributed by atoms with Crippen LogP contribution in [0.15, 0.2) is 36.4 Å². The van der Waals surface area contributed by atoms with Gasteiger partial charge in [0.1, 0.15) is 0 Å². The van der Waals surface area contributed by atoms with E-state index in [0.29, 0.717) is 5.69 Å². The maximum Gasteiger partial charge on any atom is 0.338 e. The van der Waals surface area contributed by atoms with E-state index in [1.807, 2.05) is 32.0 Å². The largest absolute Gasteiger partial charge is 0.462 e. The molecule has 0 bridgehead atoms. The summed E-state index contributed by atoms with van der Waals surface area (Å²) in [6.45, 7) is 7.69. The summed E-state index contributed by atoms with van der Waals surface area (Å²) in [5, 5.41) is 5.80. The molecular formula is C22H26N2O5. The van der Waals surface area contributed by atoms with Crippen LogP contribution in [0.3, 0.4) is 0 Å². The fraction of sp³-hybridized carbons (Fsp3) is 0.318. The Bertz CT molecular complexity index is 872. The monoisotopic (exact) mass is 398 g/mol. The van der Waals surface area contributed by atoms with Crippen LogP contribution in [0.5, 0.6) is 0 Å². The van der Waals surface area contributed by atoms with Crippen LogP contribution in [-0.4, -0.2) is 37.6 Å². The summed E-state index contributed by atoms with van der Waals surface area (Å²) >= 11 is 0. The van der Waals surface area contributed by atoms with E-state index in [0.717, 1.165) is 16.8 Å². The van der Waals surface area contributed by atoms with E-state index in [1.165, 1.54) is 18.2 Å². The number of ether oxygens (including phenoxy) is 2. The van der Waals surface area contributed by atoms with Crippen LogP contribution in [0, 0.1) is 13.8 Å². The minimum atomic E-state index is -0.554. The molecule has 2 rings (SSSR count). The number of hydrogen-bond donors (Lipinski definition) is 2. The van der Waals surface area contributed by atoms with Gasteiger partial charge in [0.2, 0.25) is 5.91 Å². The Morgan fingerprint density at radius 1 is 0.897 bits per heavy atom. The predicted octanol–water partition coefficient (Wildman–Crippen LogP) is 3.71. The molecule has 0 heterocycles. The summed E-state index contributed by atoms with van der Waals surface area (Å²) in [6.07, 6.45) is 0.